The Bertz CT molecular complexity index is 759. The van der Waals surface area contributed by atoms with E-state index in [1.54, 1.807) is 6.21 Å². The van der Waals surface area contributed by atoms with Crippen molar-refractivity contribution < 1.29 is 9.53 Å². The van der Waals surface area contributed by atoms with Gasteiger partial charge in [0.2, 0.25) is 5.91 Å². The number of hydrogen-bond donors (Lipinski definition) is 1. The van der Waals surface area contributed by atoms with Crippen LogP contribution < -0.4 is 10.2 Å². The quantitative estimate of drug-likeness (QED) is 0.569. The van der Waals surface area contributed by atoms with E-state index in [-0.39, 0.29) is 9.99 Å². The molecule has 0 spiro atoms. The first-order chi connectivity index (χ1) is 12.6. The number of benzene rings is 2. The molecule has 0 bridgehead atoms. The first-order valence-corrected chi connectivity index (χ1v) is 10.5. The van der Waals surface area contributed by atoms with Gasteiger partial charge in [-0.3, -0.25) is 4.79 Å². The molecule has 26 heavy (non-hydrogen) atoms. The highest BCUT2D eigenvalue weighted by atomic mass is 32.2. The molecule has 0 radical (unpaired) electrons. The van der Waals surface area contributed by atoms with Crippen molar-refractivity contribution in [3.05, 3.63) is 65.7 Å². The van der Waals surface area contributed by atoms with E-state index >= 15 is 0 Å². The zero-order valence-corrected chi connectivity index (χ0v) is 16.3. The predicted molar refractivity (Wildman–Crippen MR) is 111 cm³/mol. The summed E-state index contributed by atoms with van der Waals surface area (Å²) in [6.45, 7) is 2.61. The maximum Gasteiger partial charge on any atom is 0.242 e. The third kappa shape index (κ3) is 5.54. The molecule has 0 unspecified atom stereocenters. The zero-order valence-electron chi connectivity index (χ0n) is 14.7. The van der Waals surface area contributed by atoms with Crippen LogP contribution in [0.5, 0.6) is 5.75 Å². The first-order valence-electron chi connectivity index (χ1n) is 8.50. The van der Waals surface area contributed by atoms with Gasteiger partial charge in [0.15, 0.2) is 0 Å². The molecule has 0 saturated carbocycles. The molecule has 1 fully saturated rings. The molecule has 1 amide bonds. The lowest BCUT2D eigenvalue weighted by Crippen LogP contribution is -2.26. The number of nitrogens with one attached hydrogen (secondary N) is 1. The van der Waals surface area contributed by atoms with Gasteiger partial charge < -0.3 is 4.74 Å². The Balaban J connectivity index is 1.55. The summed E-state index contributed by atoms with van der Waals surface area (Å²) >= 11 is 3.68. The van der Waals surface area contributed by atoms with Crippen molar-refractivity contribution in [1.29, 1.82) is 0 Å². The first kappa shape index (κ1) is 18.9. The Kier molecular flexibility index (Phi) is 6.63. The Labute approximate surface area is 162 Å². The van der Waals surface area contributed by atoms with E-state index in [4.69, 9.17) is 4.74 Å². The SMILES string of the molecule is CC1(CC(=O)N/N=C\c2ccccc2OCc2ccccc2)SCCS1. The molecule has 2 aromatic carbocycles. The summed E-state index contributed by atoms with van der Waals surface area (Å²) in [4.78, 5) is 12.1. The molecule has 1 aliphatic rings. The fraction of sp³-hybridized carbons (Fsp3) is 0.300. The molecule has 2 aromatic rings. The van der Waals surface area contributed by atoms with Crippen molar-refractivity contribution in [1.82, 2.24) is 5.43 Å². The zero-order chi connectivity index (χ0) is 18.2. The molecule has 1 aliphatic heterocycles. The standard InChI is InChI=1S/C20H22N2O2S2/c1-20(25-11-12-26-20)13-19(23)22-21-14-17-9-5-6-10-18(17)24-15-16-7-3-2-4-8-16/h2-10,14H,11-13,15H2,1H3,(H,22,23)/b21-14-. The van der Waals surface area contributed by atoms with Crippen molar-refractivity contribution in [2.45, 2.75) is 24.0 Å². The summed E-state index contributed by atoms with van der Waals surface area (Å²) in [6.07, 6.45) is 2.10. The molecule has 1 saturated heterocycles. The van der Waals surface area contributed by atoms with Gasteiger partial charge in [-0.1, -0.05) is 42.5 Å². The van der Waals surface area contributed by atoms with Crippen LogP contribution in [-0.4, -0.2) is 27.7 Å². The lowest BCUT2D eigenvalue weighted by atomic mass is 10.2. The molecular weight excluding hydrogens is 364 g/mol. The number of rotatable bonds is 7. The number of carbonyl (C=O) groups is 1. The average Bonchev–Trinajstić information content (AvgIpc) is 3.07. The van der Waals surface area contributed by atoms with Crippen LogP contribution in [0.4, 0.5) is 0 Å². The molecule has 0 aromatic heterocycles. The minimum atomic E-state index is -0.0617. The number of ether oxygens (including phenoxy) is 1. The van der Waals surface area contributed by atoms with Gasteiger partial charge in [-0.05, 0) is 24.6 Å². The largest absolute Gasteiger partial charge is 0.488 e. The van der Waals surface area contributed by atoms with E-state index in [0.29, 0.717) is 13.0 Å². The highest BCUT2D eigenvalue weighted by Crippen LogP contribution is 2.45. The van der Waals surface area contributed by atoms with Crippen molar-refractivity contribution in [2.75, 3.05) is 11.5 Å². The summed E-state index contributed by atoms with van der Waals surface area (Å²) < 4.78 is 5.86. The van der Waals surface area contributed by atoms with Gasteiger partial charge in [-0.25, -0.2) is 5.43 Å². The molecule has 1 N–H and O–H groups in total. The van der Waals surface area contributed by atoms with Crippen LogP contribution in [0.2, 0.25) is 0 Å². The van der Waals surface area contributed by atoms with Gasteiger partial charge in [0.1, 0.15) is 12.4 Å². The molecular formula is C20H22N2O2S2. The highest BCUT2D eigenvalue weighted by molar-refractivity contribution is 8.21. The van der Waals surface area contributed by atoms with E-state index < -0.39 is 0 Å². The molecule has 1 heterocycles. The van der Waals surface area contributed by atoms with Crippen molar-refractivity contribution in [3.63, 3.8) is 0 Å². The topological polar surface area (TPSA) is 50.7 Å². The summed E-state index contributed by atoms with van der Waals surface area (Å²) in [5.74, 6) is 2.88. The molecule has 6 heteroatoms. The molecule has 0 aliphatic carbocycles. The fourth-order valence-corrected chi connectivity index (χ4v) is 5.45. The Morgan fingerprint density at radius 1 is 1.15 bits per heavy atom. The van der Waals surface area contributed by atoms with E-state index in [1.807, 2.05) is 78.1 Å². The minimum Gasteiger partial charge on any atom is -0.488 e. The molecule has 4 nitrogen and oxygen atoms in total. The van der Waals surface area contributed by atoms with Gasteiger partial charge in [-0.2, -0.15) is 5.10 Å². The van der Waals surface area contributed by atoms with Crippen LogP contribution in [0.3, 0.4) is 0 Å². The van der Waals surface area contributed by atoms with Crippen LogP contribution in [-0.2, 0) is 11.4 Å². The summed E-state index contributed by atoms with van der Waals surface area (Å²) in [6, 6.07) is 17.7. The molecule has 136 valence electrons. The van der Waals surface area contributed by atoms with Crippen LogP contribution in [0.15, 0.2) is 59.7 Å². The predicted octanol–water partition coefficient (Wildman–Crippen LogP) is 4.30. The van der Waals surface area contributed by atoms with Crippen LogP contribution in [0, 0.1) is 0 Å². The molecule has 0 atom stereocenters. The van der Waals surface area contributed by atoms with Crippen molar-refractivity contribution in [2.24, 2.45) is 5.10 Å². The number of hydrazone groups is 1. The third-order valence-corrected chi connectivity index (χ3v) is 7.22. The summed E-state index contributed by atoms with van der Waals surface area (Å²) in [5, 5.41) is 4.11. The second-order valence-electron chi connectivity index (χ2n) is 6.11. The van der Waals surface area contributed by atoms with Crippen LogP contribution in [0.1, 0.15) is 24.5 Å². The van der Waals surface area contributed by atoms with Gasteiger partial charge in [-0.15, -0.1) is 23.5 Å². The van der Waals surface area contributed by atoms with Crippen LogP contribution >= 0.6 is 23.5 Å². The Hall–Kier alpha value is -1.92. The van der Waals surface area contributed by atoms with Gasteiger partial charge in [0.25, 0.3) is 0 Å². The number of hydrogen-bond acceptors (Lipinski definition) is 5. The van der Waals surface area contributed by atoms with Crippen molar-refractivity contribution in [3.8, 4) is 5.75 Å². The van der Waals surface area contributed by atoms with Gasteiger partial charge in [0.05, 0.1) is 16.7 Å². The Morgan fingerprint density at radius 3 is 2.62 bits per heavy atom. The van der Waals surface area contributed by atoms with E-state index in [2.05, 4.69) is 17.5 Å². The number of para-hydroxylation sites is 1. The monoisotopic (exact) mass is 386 g/mol. The summed E-state index contributed by atoms with van der Waals surface area (Å²) in [7, 11) is 0. The van der Waals surface area contributed by atoms with E-state index in [1.165, 1.54) is 0 Å². The number of amides is 1. The second kappa shape index (κ2) is 9.14. The van der Waals surface area contributed by atoms with Crippen molar-refractivity contribution >= 4 is 35.6 Å². The second-order valence-corrected chi connectivity index (χ2v) is 9.57. The molecule has 3 rings (SSSR count). The lowest BCUT2D eigenvalue weighted by Gasteiger charge is -2.19. The minimum absolute atomic E-state index is 0.0314. The number of nitrogens with zero attached hydrogens (tertiary/aromatic N) is 1. The van der Waals surface area contributed by atoms with Gasteiger partial charge >= 0.3 is 0 Å². The normalized spacial score (nSPS) is 15.9. The maximum absolute atomic E-state index is 12.1. The van der Waals surface area contributed by atoms with Crippen LogP contribution in [0.25, 0.3) is 0 Å². The average molecular weight is 387 g/mol. The summed E-state index contributed by atoms with van der Waals surface area (Å²) in [5.41, 5.74) is 4.57. The van der Waals surface area contributed by atoms with Gasteiger partial charge in [0, 0.05) is 17.1 Å². The van der Waals surface area contributed by atoms with E-state index in [9.17, 15) is 4.79 Å². The van der Waals surface area contributed by atoms with E-state index in [0.717, 1.165) is 28.4 Å². The third-order valence-electron chi connectivity index (χ3n) is 3.93. The number of carbonyl (C=O) groups excluding carboxylic acids is 1. The Morgan fingerprint density at radius 2 is 1.85 bits per heavy atom. The highest BCUT2D eigenvalue weighted by Gasteiger charge is 2.32. The fourth-order valence-electron chi connectivity index (χ4n) is 2.62. The smallest absolute Gasteiger partial charge is 0.242 e. The lowest BCUT2D eigenvalue weighted by molar-refractivity contribution is -0.121. The maximum atomic E-state index is 12.1. The number of thioether (sulfide) groups is 2.